The van der Waals surface area contributed by atoms with E-state index in [4.69, 9.17) is 4.74 Å². The lowest BCUT2D eigenvalue weighted by Gasteiger charge is -2.35. The third-order valence-corrected chi connectivity index (χ3v) is 3.81. The Balaban J connectivity index is 1.82. The second-order valence-corrected chi connectivity index (χ2v) is 7.29. The van der Waals surface area contributed by atoms with Crippen molar-refractivity contribution in [2.45, 2.75) is 32.9 Å². The van der Waals surface area contributed by atoms with Crippen molar-refractivity contribution in [2.24, 2.45) is 0 Å². The van der Waals surface area contributed by atoms with Crippen molar-refractivity contribution in [3.63, 3.8) is 0 Å². The molecule has 0 N–H and O–H groups in total. The van der Waals surface area contributed by atoms with E-state index in [0.29, 0.717) is 0 Å². The fourth-order valence-electron chi connectivity index (χ4n) is 2.31. The van der Waals surface area contributed by atoms with E-state index in [0.717, 1.165) is 37.2 Å². The van der Waals surface area contributed by atoms with Crippen molar-refractivity contribution in [1.82, 2.24) is 9.80 Å². The SMILES string of the molecule is CC(C)(C)OC(=O)N1CCN(Cc2cccc(Br)c2)CC1. The predicted molar refractivity (Wildman–Crippen MR) is 87.2 cm³/mol. The highest BCUT2D eigenvalue weighted by atomic mass is 79.9. The molecule has 1 aliphatic heterocycles. The second kappa shape index (κ2) is 6.79. The Labute approximate surface area is 135 Å². The van der Waals surface area contributed by atoms with E-state index < -0.39 is 5.60 Å². The van der Waals surface area contributed by atoms with Gasteiger partial charge in [-0.3, -0.25) is 4.90 Å². The highest BCUT2D eigenvalue weighted by Crippen LogP contribution is 2.16. The zero-order chi connectivity index (χ0) is 15.5. The van der Waals surface area contributed by atoms with E-state index in [2.05, 4.69) is 39.0 Å². The molecule has 116 valence electrons. The van der Waals surface area contributed by atoms with Crippen molar-refractivity contribution in [3.8, 4) is 0 Å². The van der Waals surface area contributed by atoms with Crippen LogP contribution < -0.4 is 0 Å². The van der Waals surface area contributed by atoms with Crippen LogP contribution in [0.3, 0.4) is 0 Å². The molecule has 0 bridgehead atoms. The Hall–Kier alpha value is -1.07. The molecule has 1 aromatic carbocycles. The van der Waals surface area contributed by atoms with Gasteiger partial charge < -0.3 is 9.64 Å². The van der Waals surface area contributed by atoms with Crippen molar-refractivity contribution in [1.29, 1.82) is 0 Å². The van der Waals surface area contributed by atoms with Gasteiger partial charge in [-0.2, -0.15) is 0 Å². The molecule has 0 spiro atoms. The maximum absolute atomic E-state index is 12.0. The van der Waals surface area contributed by atoms with Crippen LogP contribution in [0.2, 0.25) is 0 Å². The molecule has 0 atom stereocenters. The summed E-state index contributed by atoms with van der Waals surface area (Å²) in [5.41, 5.74) is 0.861. The van der Waals surface area contributed by atoms with Crippen LogP contribution in [0.5, 0.6) is 0 Å². The summed E-state index contributed by atoms with van der Waals surface area (Å²) in [7, 11) is 0. The van der Waals surface area contributed by atoms with E-state index in [-0.39, 0.29) is 6.09 Å². The van der Waals surface area contributed by atoms with Gasteiger partial charge in [-0.1, -0.05) is 28.1 Å². The second-order valence-electron chi connectivity index (χ2n) is 6.37. The predicted octanol–water partition coefficient (Wildman–Crippen LogP) is 3.50. The van der Waals surface area contributed by atoms with E-state index >= 15 is 0 Å². The van der Waals surface area contributed by atoms with Crippen LogP contribution in [-0.4, -0.2) is 47.7 Å². The molecule has 0 radical (unpaired) electrons. The summed E-state index contributed by atoms with van der Waals surface area (Å²) in [5.74, 6) is 0. The largest absolute Gasteiger partial charge is 0.444 e. The molecule has 1 fully saturated rings. The summed E-state index contributed by atoms with van der Waals surface area (Å²) in [5, 5.41) is 0. The maximum Gasteiger partial charge on any atom is 0.410 e. The maximum atomic E-state index is 12.0. The van der Waals surface area contributed by atoms with Crippen LogP contribution in [0.1, 0.15) is 26.3 Å². The zero-order valence-corrected chi connectivity index (χ0v) is 14.5. The van der Waals surface area contributed by atoms with E-state index in [9.17, 15) is 4.79 Å². The van der Waals surface area contributed by atoms with Crippen LogP contribution >= 0.6 is 15.9 Å². The van der Waals surface area contributed by atoms with Crippen LogP contribution in [0.25, 0.3) is 0 Å². The number of hydrogen-bond acceptors (Lipinski definition) is 3. The minimum Gasteiger partial charge on any atom is -0.444 e. The van der Waals surface area contributed by atoms with Gasteiger partial charge in [0.2, 0.25) is 0 Å². The molecule has 0 aliphatic carbocycles. The molecule has 4 nitrogen and oxygen atoms in total. The van der Waals surface area contributed by atoms with E-state index in [1.54, 1.807) is 4.90 Å². The highest BCUT2D eigenvalue weighted by molar-refractivity contribution is 9.10. The van der Waals surface area contributed by atoms with Crippen LogP contribution in [0.15, 0.2) is 28.7 Å². The molecule has 5 heteroatoms. The fourth-order valence-corrected chi connectivity index (χ4v) is 2.76. The van der Waals surface area contributed by atoms with E-state index in [1.165, 1.54) is 5.56 Å². The third-order valence-electron chi connectivity index (χ3n) is 3.32. The number of halogens is 1. The number of nitrogens with zero attached hydrogens (tertiary/aromatic N) is 2. The number of ether oxygens (including phenoxy) is 1. The average molecular weight is 355 g/mol. The molecule has 0 unspecified atom stereocenters. The molecule has 1 amide bonds. The molecule has 2 rings (SSSR count). The molecular weight excluding hydrogens is 332 g/mol. The number of rotatable bonds is 2. The summed E-state index contributed by atoms with van der Waals surface area (Å²) in [6, 6.07) is 8.35. The minimum absolute atomic E-state index is 0.204. The Morgan fingerprint density at radius 3 is 2.48 bits per heavy atom. The Kier molecular flexibility index (Phi) is 5.27. The first-order valence-electron chi connectivity index (χ1n) is 7.28. The summed E-state index contributed by atoms with van der Waals surface area (Å²) >= 11 is 3.50. The van der Waals surface area contributed by atoms with Gasteiger partial charge in [-0.15, -0.1) is 0 Å². The van der Waals surface area contributed by atoms with Gasteiger partial charge in [0.1, 0.15) is 5.60 Å². The molecule has 1 heterocycles. The first-order chi connectivity index (χ1) is 9.83. The summed E-state index contributed by atoms with van der Waals surface area (Å²) < 4.78 is 6.51. The van der Waals surface area contributed by atoms with Crippen LogP contribution in [-0.2, 0) is 11.3 Å². The monoisotopic (exact) mass is 354 g/mol. The first kappa shape index (κ1) is 16.3. The van der Waals surface area contributed by atoms with Crippen molar-refractivity contribution < 1.29 is 9.53 Å². The smallest absolute Gasteiger partial charge is 0.410 e. The van der Waals surface area contributed by atoms with Crippen molar-refractivity contribution >= 4 is 22.0 Å². The molecule has 1 saturated heterocycles. The van der Waals surface area contributed by atoms with Gasteiger partial charge in [0.15, 0.2) is 0 Å². The Bertz CT molecular complexity index is 491. The number of piperazine rings is 1. The molecule has 1 aliphatic rings. The van der Waals surface area contributed by atoms with Crippen LogP contribution in [0.4, 0.5) is 4.79 Å². The lowest BCUT2D eigenvalue weighted by Crippen LogP contribution is -2.49. The number of amides is 1. The Morgan fingerprint density at radius 2 is 1.90 bits per heavy atom. The first-order valence-corrected chi connectivity index (χ1v) is 8.07. The summed E-state index contributed by atoms with van der Waals surface area (Å²) in [4.78, 5) is 16.2. The number of carbonyl (C=O) groups is 1. The molecule has 0 saturated carbocycles. The normalized spacial score (nSPS) is 16.9. The quantitative estimate of drug-likeness (QED) is 0.814. The van der Waals surface area contributed by atoms with Gasteiger partial charge >= 0.3 is 6.09 Å². The van der Waals surface area contributed by atoms with Gasteiger partial charge in [0, 0.05) is 37.2 Å². The molecule has 21 heavy (non-hydrogen) atoms. The number of carbonyl (C=O) groups excluding carboxylic acids is 1. The number of hydrogen-bond donors (Lipinski definition) is 0. The van der Waals surface area contributed by atoms with Gasteiger partial charge in [0.25, 0.3) is 0 Å². The lowest BCUT2D eigenvalue weighted by molar-refractivity contribution is 0.0139. The third kappa shape index (κ3) is 5.32. The van der Waals surface area contributed by atoms with Gasteiger partial charge in [-0.25, -0.2) is 4.79 Å². The topological polar surface area (TPSA) is 32.8 Å². The Morgan fingerprint density at radius 1 is 1.24 bits per heavy atom. The average Bonchev–Trinajstić information content (AvgIpc) is 2.37. The lowest BCUT2D eigenvalue weighted by atomic mass is 10.2. The highest BCUT2D eigenvalue weighted by Gasteiger charge is 2.25. The standard InChI is InChI=1S/C16H23BrN2O2/c1-16(2,3)21-15(20)19-9-7-18(8-10-19)12-13-5-4-6-14(17)11-13/h4-6,11H,7-10,12H2,1-3H3. The van der Waals surface area contributed by atoms with Gasteiger partial charge in [0.05, 0.1) is 0 Å². The number of benzene rings is 1. The van der Waals surface area contributed by atoms with Gasteiger partial charge in [-0.05, 0) is 38.5 Å². The minimum atomic E-state index is -0.426. The van der Waals surface area contributed by atoms with E-state index in [1.807, 2.05) is 26.8 Å². The summed E-state index contributed by atoms with van der Waals surface area (Å²) in [6.45, 7) is 9.82. The van der Waals surface area contributed by atoms with Crippen LogP contribution in [0, 0.1) is 0 Å². The molecule has 1 aromatic rings. The summed E-state index contributed by atoms with van der Waals surface area (Å²) in [6.07, 6.45) is -0.204. The van der Waals surface area contributed by atoms with Crippen molar-refractivity contribution in [3.05, 3.63) is 34.3 Å². The molecule has 0 aromatic heterocycles. The fraction of sp³-hybridized carbons (Fsp3) is 0.562. The zero-order valence-electron chi connectivity index (χ0n) is 12.9. The molecular formula is C16H23BrN2O2. The van der Waals surface area contributed by atoms with Crippen molar-refractivity contribution in [2.75, 3.05) is 26.2 Å².